The van der Waals surface area contributed by atoms with E-state index in [1.165, 1.54) is 12.8 Å². The van der Waals surface area contributed by atoms with Crippen LogP contribution in [-0.4, -0.2) is 22.5 Å². The topological polar surface area (TPSA) is 0 Å². The second-order valence-electron chi connectivity index (χ2n) is 5.72. The van der Waals surface area contributed by atoms with Crippen molar-refractivity contribution in [1.82, 2.24) is 0 Å². The third kappa shape index (κ3) is 1.44. The summed E-state index contributed by atoms with van der Waals surface area (Å²) >= 11 is 4.18. The van der Waals surface area contributed by atoms with Crippen molar-refractivity contribution in [2.24, 2.45) is 17.3 Å². The molecular formula is C12H22S2. The van der Waals surface area contributed by atoms with Gasteiger partial charge in [0.25, 0.3) is 0 Å². The maximum atomic E-state index is 2.48. The van der Waals surface area contributed by atoms with Crippen molar-refractivity contribution < 1.29 is 0 Å². The highest BCUT2D eigenvalue weighted by molar-refractivity contribution is 8.03. The average molecular weight is 230 g/mol. The Morgan fingerprint density at radius 3 is 2.21 bits per heavy atom. The molecule has 0 spiro atoms. The Morgan fingerprint density at radius 1 is 1.07 bits per heavy atom. The van der Waals surface area contributed by atoms with Crippen molar-refractivity contribution in [3.05, 3.63) is 0 Å². The van der Waals surface area contributed by atoms with Crippen LogP contribution in [0.5, 0.6) is 0 Å². The van der Waals surface area contributed by atoms with Crippen LogP contribution in [-0.2, 0) is 0 Å². The molecule has 0 aromatic rings. The Balaban J connectivity index is 2.14. The molecule has 4 atom stereocenters. The second kappa shape index (κ2) is 3.35. The molecule has 2 aliphatic rings. The Morgan fingerprint density at radius 2 is 1.71 bits per heavy atom. The maximum Gasteiger partial charge on any atom is 0.0250 e. The first-order valence-corrected chi connectivity index (χ1v) is 8.05. The molecule has 0 saturated heterocycles. The first-order valence-electron chi connectivity index (χ1n) is 5.53. The number of thioether (sulfide) groups is 2. The van der Waals surface area contributed by atoms with Gasteiger partial charge in [0.05, 0.1) is 0 Å². The third-order valence-electron chi connectivity index (χ3n) is 4.81. The van der Waals surface area contributed by atoms with Crippen LogP contribution in [0.1, 0.15) is 33.6 Å². The summed E-state index contributed by atoms with van der Waals surface area (Å²) in [5.41, 5.74) is 0.654. The van der Waals surface area contributed by atoms with E-state index in [4.69, 9.17) is 0 Å². The smallest absolute Gasteiger partial charge is 0.0250 e. The summed E-state index contributed by atoms with van der Waals surface area (Å²) in [5, 5.41) is 0.875. The lowest BCUT2D eigenvalue weighted by Gasteiger charge is -2.39. The van der Waals surface area contributed by atoms with Gasteiger partial charge in [0.2, 0.25) is 0 Å². The molecule has 2 saturated carbocycles. The second-order valence-corrected chi connectivity index (χ2v) is 8.10. The number of hydrogen-bond acceptors (Lipinski definition) is 2. The molecule has 0 nitrogen and oxygen atoms in total. The lowest BCUT2D eigenvalue weighted by Crippen LogP contribution is -2.37. The minimum Gasteiger partial charge on any atom is -0.161 e. The molecule has 2 aliphatic carbocycles. The first-order chi connectivity index (χ1) is 6.45. The van der Waals surface area contributed by atoms with Crippen molar-refractivity contribution in [2.75, 3.05) is 12.5 Å². The van der Waals surface area contributed by atoms with Gasteiger partial charge in [-0.1, -0.05) is 13.8 Å². The van der Waals surface area contributed by atoms with Crippen molar-refractivity contribution in [1.29, 1.82) is 0 Å². The fourth-order valence-corrected chi connectivity index (χ4v) is 5.62. The summed E-state index contributed by atoms with van der Waals surface area (Å²) in [7, 11) is 0. The van der Waals surface area contributed by atoms with E-state index in [1.807, 2.05) is 0 Å². The number of hydrogen-bond donors (Lipinski definition) is 0. The summed E-state index contributed by atoms with van der Waals surface area (Å²) in [6.45, 7) is 7.40. The van der Waals surface area contributed by atoms with E-state index in [0.29, 0.717) is 10.2 Å². The van der Waals surface area contributed by atoms with Crippen LogP contribution in [0, 0.1) is 17.3 Å². The molecule has 0 aromatic carbocycles. The zero-order chi connectivity index (χ0) is 10.6. The van der Waals surface area contributed by atoms with E-state index >= 15 is 0 Å². The minimum atomic E-state index is 0.536. The summed E-state index contributed by atoms with van der Waals surface area (Å²) in [6.07, 6.45) is 7.47. The van der Waals surface area contributed by atoms with Gasteiger partial charge in [0.15, 0.2) is 0 Å². The highest BCUT2D eigenvalue weighted by atomic mass is 32.2. The Bertz CT molecular complexity index is 236. The van der Waals surface area contributed by atoms with Crippen LogP contribution in [0.4, 0.5) is 0 Å². The molecule has 2 fully saturated rings. The summed E-state index contributed by atoms with van der Waals surface area (Å²) in [5.74, 6) is 2.04. The maximum absolute atomic E-state index is 2.48. The summed E-state index contributed by atoms with van der Waals surface area (Å²) in [6, 6.07) is 0. The molecule has 14 heavy (non-hydrogen) atoms. The largest absolute Gasteiger partial charge is 0.161 e. The van der Waals surface area contributed by atoms with Gasteiger partial charge >= 0.3 is 0 Å². The highest BCUT2D eigenvalue weighted by Crippen LogP contribution is 2.69. The average Bonchev–Trinajstić information content (AvgIpc) is 2.66. The van der Waals surface area contributed by atoms with Crippen LogP contribution >= 0.6 is 23.5 Å². The standard InChI is InChI=1S/C12H22S2/c1-11(2)8-6-10(13-4)12(3,14-5)7-9(8)11/h8-10H,6-7H2,1-5H3/t8-,9-,10-,12-/m1/s1. The van der Waals surface area contributed by atoms with E-state index in [2.05, 4.69) is 56.8 Å². The zero-order valence-corrected chi connectivity index (χ0v) is 11.6. The van der Waals surface area contributed by atoms with Crippen LogP contribution in [0.25, 0.3) is 0 Å². The van der Waals surface area contributed by atoms with Crippen molar-refractivity contribution in [3.63, 3.8) is 0 Å². The molecule has 0 heterocycles. The predicted octanol–water partition coefficient (Wildman–Crippen LogP) is 3.91. The molecule has 2 rings (SSSR count). The molecule has 0 aromatic heterocycles. The highest BCUT2D eigenvalue weighted by Gasteiger charge is 2.63. The van der Waals surface area contributed by atoms with Crippen LogP contribution in [0.2, 0.25) is 0 Å². The molecule has 0 N–H and O–H groups in total. The van der Waals surface area contributed by atoms with Gasteiger partial charge in [-0.05, 0) is 49.5 Å². The van der Waals surface area contributed by atoms with Crippen LogP contribution in [0.15, 0.2) is 0 Å². The molecule has 0 aliphatic heterocycles. The van der Waals surface area contributed by atoms with E-state index < -0.39 is 0 Å². The SMILES string of the molecule is CS[C@@H]1C[C@@H]2[C@@H](C[C@@]1(C)SC)C2(C)C. The van der Waals surface area contributed by atoms with Gasteiger partial charge in [-0.3, -0.25) is 0 Å². The molecule has 2 heteroatoms. The van der Waals surface area contributed by atoms with E-state index in [0.717, 1.165) is 17.1 Å². The van der Waals surface area contributed by atoms with Crippen LogP contribution in [0.3, 0.4) is 0 Å². The van der Waals surface area contributed by atoms with Gasteiger partial charge in [-0.25, -0.2) is 0 Å². The Kier molecular flexibility index (Phi) is 2.67. The van der Waals surface area contributed by atoms with Gasteiger partial charge < -0.3 is 0 Å². The lowest BCUT2D eigenvalue weighted by atomic mass is 9.89. The van der Waals surface area contributed by atoms with E-state index in [1.54, 1.807) is 0 Å². The van der Waals surface area contributed by atoms with Gasteiger partial charge in [-0.15, -0.1) is 0 Å². The summed E-state index contributed by atoms with van der Waals surface area (Å²) in [4.78, 5) is 0. The molecule has 0 bridgehead atoms. The van der Waals surface area contributed by atoms with Crippen molar-refractivity contribution in [2.45, 2.75) is 43.6 Å². The summed E-state index contributed by atoms with van der Waals surface area (Å²) < 4.78 is 0.536. The van der Waals surface area contributed by atoms with E-state index in [-0.39, 0.29) is 0 Å². The van der Waals surface area contributed by atoms with Gasteiger partial charge in [0.1, 0.15) is 0 Å². The number of fused-ring (bicyclic) bond motifs is 1. The van der Waals surface area contributed by atoms with Crippen LogP contribution < -0.4 is 0 Å². The first kappa shape index (κ1) is 11.2. The molecule has 0 radical (unpaired) electrons. The van der Waals surface area contributed by atoms with Gasteiger partial charge in [0, 0.05) is 10.00 Å². The molecule has 0 unspecified atom stereocenters. The Labute approximate surface area is 97.0 Å². The van der Waals surface area contributed by atoms with Gasteiger partial charge in [-0.2, -0.15) is 23.5 Å². The zero-order valence-electron chi connectivity index (χ0n) is 9.96. The minimum absolute atomic E-state index is 0.536. The lowest BCUT2D eigenvalue weighted by molar-refractivity contribution is 0.415. The Hall–Kier alpha value is 0.700. The molecular weight excluding hydrogens is 208 g/mol. The third-order valence-corrected chi connectivity index (χ3v) is 7.63. The normalized spacial score (nSPS) is 49.9. The fourth-order valence-electron chi connectivity index (χ4n) is 3.34. The monoisotopic (exact) mass is 230 g/mol. The quantitative estimate of drug-likeness (QED) is 0.705. The fraction of sp³-hybridized carbons (Fsp3) is 1.00. The predicted molar refractivity (Wildman–Crippen MR) is 69.2 cm³/mol. The van der Waals surface area contributed by atoms with Crippen molar-refractivity contribution >= 4 is 23.5 Å². The molecule has 0 amide bonds. The van der Waals surface area contributed by atoms with E-state index in [9.17, 15) is 0 Å². The number of rotatable bonds is 2. The molecule has 82 valence electrons. The van der Waals surface area contributed by atoms with Crippen molar-refractivity contribution in [3.8, 4) is 0 Å².